The Morgan fingerprint density at radius 3 is 1.48 bits per heavy atom. The molecule has 23 heteroatoms. The summed E-state index contributed by atoms with van der Waals surface area (Å²) in [5.41, 5.74) is 3.12. The summed E-state index contributed by atoms with van der Waals surface area (Å²) >= 11 is 22.6. The van der Waals surface area contributed by atoms with E-state index in [0.717, 1.165) is 29.3 Å². The van der Waals surface area contributed by atoms with E-state index < -0.39 is 43.6 Å². The Bertz CT molecular complexity index is 2590. The van der Waals surface area contributed by atoms with Crippen LogP contribution in [0.2, 0.25) is 10.0 Å². The van der Waals surface area contributed by atoms with Gasteiger partial charge in [0.1, 0.15) is 23.4 Å². The van der Waals surface area contributed by atoms with E-state index in [1.54, 1.807) is 24.3 Å². The number of sulfonamides is 2. The van der Waals surface area contributed by atoms with Crippen molar-refractivity contribution >= 4 is 83.7 Å². The summed E-state index contributed by atoms with van der Waals surface area (Å²) in [6.07, 6.45) is 0. The van der Waals surface area contributed by atoms with Crippen molar-refractivity contribution in [3.63, 3.8) is 0 Å². The lowest BCUT2D eigenvalue weighted by molar-refractivity contribution is -0.337. The number of hydrazine groups is 1. The molecule has 5 N–H and O–H groups in total. The Morgan fingerprint density at radius 2 is 1.12 bits per heavy atom. The minimum atomic E-state index is -4.05. The van der Waals surface area contributed by atoms with Crippen LogP contribution >= 0.6 is 46.4 Å². The van der Waals surface area contributed by atoms with Crippen LogP contribution in [0.25, 0.3) is 11.5 Å². The third-order valence-electron chi connectivity index (χ3n) is 8.95. The number of anilines is 2. The molecule has 15 nitrogen and oxygen atoms in total. The Hall–Kier alpha value is -4.15. The van der Waals surface area contributed by atoms with Gasteiger partial charge in [-0.25, -0.2) is 31.5 Å². The summed E-state index contributed by atoms with van der Waals surface area (Å²) in [6, 6.07) is 16.7. The molecule has 5 aromatic rings. The molecule has 0 saturated heterocycles. The van der Waals surface area contributed by atoms with E-state index in [1.165, 1.54) is 51.7 Å². The van der Waals surface area contributed by atoms with Gasteiger partial charge >= 0.3 is 0 Å². The van der Waals surface area contributed by atoms with E-state index in [9.17, 15) is 30.4 Å². The second-order valence-corrected chi connectivity index (χ2v) is 20.1. The normalized spacial score (nSPS) is 12.1. The van der Waals surface area contributed by atoms with Crippen molar-refractivity contribution in [2.45, 2.75) is 74.0 Å². The number of hydrogen-bond acceptors (Lipinski definition) is 12. The molecule has 64 heavy (non-hydrogen) atoms. The maximum absolute atomic E-state index is 14.1. The molecule has 0 unspecified atom stereocenters. The largest absolute Gasteiger partial charge is 0.419 e. The summed E-state index contributed by atoms with van der Waals surface area (Å²) in [5, 5.41) is 6.99. The van der Waals surface area contributed by atoms with Gasteiger partial charge in [0.15, 0.2) is 0 Å². The topological polar surface area (TPSA) is 214 Å². The van der Waals surface area contributed by atoms with Crippen LogP contribution in [-0.2, 0) is 51.0 Å². The number of ether oxygens (including phenoxy) is 3. The first-order valence-electron chi connectivity index (χ1n) is 18.6. The van der Waals surface area contributed by atoms with E-state index in [0.29, 0.717) is 0 Å². The molecule has 1 amide bonds. The third kappa shape index (κ3) is 14.2. The second kappa shape index (κ2) is 22.4. The number of hydrogen-bond donors (Lipinski definition) is 4. The fraction of sp³-hybridized carbons (Fsp3) is 0.341. The van der Waals surface area contributed by atoms with Crippen LogP contribution in [0.4, 0.5) is 20.2 Å². The Labute approximate surface area is 391 Å². The number of nitrogens with zero attached hydrogens (tertiary/aromatic N) is 2. The van der Waals surface area contributed by atoms with Gasteiger partial charge in [0.25, 0.3) is 31.9 Å². The molecule has 0 aliphatic rings. The van der Waals surface area contributed by atoms with Crippen molar-refractivity contribution in [2.75, 3.05) is 36.7 Å². The number of nitrogen functional groups attached to an aromatic ring is 1. The number of alkyl halides is 2. The van der Waals surface area contributed by atoms with Gasteiger partial charge in [-0.1, -0.05) is 89.0 Å². The van der Waals surface area contributed by atoms with Crippen molar-refractivity contribution in [1.82, 2.24) is 15.6 Å². The van der Waals surface area contributed by atoms with E-state index >= 15 is 0 Å². The lowest BCUT2D eigenvalue weighted by Gasteiger charge is -2.25. The zero-order valence-corrected chi connectivity index (χ0v) is 40.7. The predicted octanol–water partition coefficient (Wildman–Crippen LogP) is 9.37. The van der Waals surface area contributed by atoms with E-state index in [2.05, 4.69) is 19.6 Å². The Morgan fingerprint density at radius 1 is 0.703 bits per heavy atom. The third-order valence-corrected chi connectivity index (χ3v) is 12.9. The molecular weight excluding hydrogens is 964 g/mol. The average molecular weight is 1010 g/mol. The van der Waals surface area contributed by atoms with Gasteiger partial charge in [0, 0.05) is 33.5 Å². The molecule has 0 spiro atoms. The monoisotopic (exact) mass is 1010 g/mol. The van der Waals surface area contributed by atoms with Crippen molar-refractivity contribution in [3.8, 4) is 11.5 Å². The number of methoxy groups -OCH3 is 3. The first kappa shape index (κ1) is 54.2. The van der Waals surface area contributed by atoms with Gasteiger partial charge in [0.05, 0.1) is 42.3 Å². The summed E-state index contributed by atoms with van der Waals surface area (Å²) in [7, 11) is -3.66. The molecular formula is C41H48Cl4F2N6O9S2. The summed E-state index contributed by atoms with van der Waals surface area (Å²) < 4.78 is 103. The van der Waals surface area contributed by atoms with Crippen LogP contribution in [0.3, 0.4) is 0 Å². The number of nitrogens with one attached hydrogen (secondary N) is 3. The van der Waals surface area contributed by atoms with Crippen molar-refractivity contribution in [3.05, 3.63) is 117 Å². The highest BCUT2D eigenvalue weighted by Crippen LogP contribution is 2.34. The fourth-order valence-electron chi connectivity index (χ4n) is 5.21. The SMILES string of the molecule is CC(C)(C)c1ccc(S(=O)(=O)Nc2cc(F)c(Cl)cc2-c2nnc(CCl)o2)cc1.CC(C)(C)c1ccc(S(=O)(=O)Nc2cc(F)c(Cl)cc2C(=O)NN)cc1.COC(CCl)(OC)OC. The maximum Gasteiger partial charge on any atom is 0.296 e. The number of benzene rings is 4. The Balaban J connectivity index is 0.000000287. The minimum absolute atomic E-state index is 0.0247. The average Bonchev–Trinajstić information content (AvgIpc) is 3.73. The molecule has 0 aliphatic carbocycles. The lowest BCUT2D eigenvalue weighted by Crippen LogP contribution is -2.37. The summed E-state index contributed by atoms with van der Waals surface area (Å²) in [6.45, 7) is 12.1. The van der Waals surface area contributed by atoms with Gasteiger partial charge in [-0.3, -0.25) is 19.7 Å². The quantitative estimate of drug-likeness (QED) is 0.0286. The van der Waals surface area contributed by atoms with E-state index in [-0.39, 0.29) is 76.7 Å². The van der Waals surface area contributed by atoms with Gasteiger partial charge < -0.3 is 18.6 Å². The van der Waals surface area contributed by atoms with Crippen LogP contribution in [0.5, 0.6) is 0 Å². The van der Waals surface area contributed by atoms with Crippen LogP contribution in [0.15, 0.2) is 87.0 Å². The molecule has 4 aromatic carbocycles. The maximum atomic E-state index is 14.1. The summed E-state index contributed by atoms with van der Waals surface area (Å²) in [5.74, 6) is 1.75. The molecule has 0 bridgehead atoms. The smallest absolute Gasteiger partial charge is 0.296 e. The number of halogens is 6. The zero-order valence-electron chi connectivity index (χ0n) is 36.1. The molecule has 1 heterocycles. The molecule has 350 valence electrons. The zero-order chi connectivity index (χ0) is 48.4. The van der Waals surface area contributed by atoms with Crippen LogP contribution in [-0.4, -0.2) is 66.1 Å². The van der Waals surface area contributed by atoms with Crippen LogP contribution < -0.4 is 20.7 Å². The predicted molar refractivity (Wildman–Crippen MR) is 244 cm³/mol. The molecule has 5 rings (SSSR count). The van der Waals surface area contributed by atoms with Gasteiger partial charge in [-0.05, 0) is 58.4 Å². The number of aromatic nitrogens is 2. The fourth-order valence-corrected chi connectivity index (χ4v) is 8.11. The van der Waals surface area contributed by atoms with Crippen molar-refractivity contribution < 1.29 is 49.0 Å². The minimum Gasteiger partial charge on any atom is -0.419 e. The highest BCUT2D eigenvalue weighted by molar-refractivity contribution is 7.93. The van der Waals surface area contributed by atoms with E-state index in [1.807, 2.05) is 47.0 Å². The standard InChI is InChI=1S/C19H18Cl2FN3O3S.C17H19ClFN3O3S.C5H11ClO3/c1-19(2,3)11-4-6-12(7-5-11)29(26,27)25-16-9-15(22)14(21)8-13(16)18-24-23-17(10-20)28-18;1-17(2,3)10-4-6-11(7-5-10)26(24,25)22-15-9-14(19)13(18)8-12(15)16(23)21-20;1-7-5(4-6,8-2)9-3/h4-9,25H,10H2,1-3H3;4-9,22H,20H2,1-3H3,(H,21,23);4H2,1-3H3. The van der Waals surface area contributed by atoms with Crippen LogP contribution in [0.1, 0.15) is 68.9 Å². The Kier molecular flexibility index (Phi) is 18.9. The molecule has 0 fully saturated rings. The lowest BCUT2D eigenvalue weighted by atomic mass is 9.87. The number of amides is 1. The highest BCUT2D eigenvalue weighted by Gasteiger charge is 2.28. The number of carbonyl (C=O) groups is 1. The van der Waals surface area contributed by atoms with Gasteiger partial charge in [0.2, 0.25) is 11.8 Å². The number of carbonyl (C=O) groups excluding carboxylic acids is 1. The number of nitrogens with two attached hydrogens (primary N) is 1. The number of rotatable bonds is 13. The highest BCUT2D eigenvalue weighted by atomic mass is 35.5. The molecule has 0 atom stereocenters. The van der Waals surface area contributed by atoms with Gasteiger partial charge in [-0.2, -0.15) is 0 Å². The summed E-state index contributed by atoms with van der Waals surface area (Å²) in [4.78, 5) is 11.8. The van der Waals surface area contributed by atoms with Crippen molar-refractivity contribution in [1.29, 1.82) is 0 Å². The first-order chi connectivity index (χ1) is 29.7. The second-order valence-electron chi connectivity index (χ2n) is 15.4. The van der Waals surface area contributed by atoms with Crippen molar-refractivity contribution in [2.24, 2.45) is 5.84 Å². The van der Waals surface area contributed by atoms with E-state index in [4.69, 9.17) is 70.9 Å². The molecule has 0 saturated carbocycles. The van der Waals surface area contributed by atoms with Gasteiger partial charge in [-0.15, -0.1) is 33.4 Å². The molecule has 1 aromatic heterocycles. The van der Waals surface area contributed by atoms with Crippen LogP contribution in [0, 0.1) is 11.6 Å². The molecule has 0 aliphatic heterocycles. The molecule has 0 radical (unpaired) electrons. The first-order valence-corrected chi connectivity index (χ1v) is 23.4.